The molecule has 0 saturated heterocycles. The van der Waals surface area contributed by atoms with Crippen molar-refractivity contribution in [1.82, 2.24) is 5.48 Å². The van der Waals surface area contributed by atoms with Crippen LogP contribution in [0.5, 0.6) is 0 Å². The number of methoxy groups -OCH3 is 1. The maximum absolute atomic E-state index is 14.6. The zero-order chi connectivity index (χ0) is 19.3. The Balaban J connectivity index is 2.44. The molecule has 0 aliphatic rings. The van der Waals surface area contributed by atoms with Crippen molar-refractivity contribution < 1.29 is 19.1 Å². The summed E-state index contributed by atoms with van der Waals surface area (Å²) < 4.78 is 20.7. The summed E-state index contributed by atoms with van der Waals surface area (Å²) in [5.41, 5.74) is 4.00. The molecule has 2 rings (SSSR count). The molecule has 1 amide bonds. The van der Waals surface area contributed by atoms with Gasteiger partial charge in [0.15, 0.2) is 0 Å². The van der Waals surface area contributed by atoms with E-state index in [0.29, 0.717) is 21.5 Å². The topological polar surface area (TPSA) is 58.6 Å². The molecule has 0 aliphatic carbocycles. The Labute approximate surface area is 165 Å². The van der Waals surface area contributed by atoms with E-state index in [2.05, 4.69) is 15.9 Å². The molecule has 0 bridgehead atoms. The number of benzene rings is 2. The molecule has 2 aromatic carbocycles. The van der Waals surface area contributed by atoms with Gasteiger partial charge in [0.05, 0.1) is 12.5 Å². The Kier molecular flexibility index (Phi) is 7.58. The van der Waals surface area contributed by atoms with Crippen molar-refractivity contribution in [2.24, 2.45) is 0 Å². The van der Waals surface area contributed by atoms with E-state index in [1.807, 2.05) is 19.1 Å². The summed E-state index contributed by atoms with van der Waals surface area (Å²) in [6, 6.07) is 10.3. The lowest BCUT2D eigenvalue weighted by molar-refractivity contribution is -0.132. The molecule has 4 nitrogen and oxygen atoms in total. The third kappa shape index (κ3) is 5.27. The Morgan fingerprint density at radius 1 is 1.35 bits per heavy atom. The summed E-state index contributed by atoms with van der Waals surface area (Å²) in [6.07, 6.45) is -0.258. The summed E-state index contributed by atoms with van der Waals surface area (Å²) in [6.45, 7) is 1.93. The van der Waals surface area contributed by atoms with Gasteiger partial charge in [0.25, 0.3) is 0 Å². The lowest BCUT2D eigenvalue weighted by atomic mass is 9.84. The van der Waals surface area contributed by atoms with Gasteiger partial charge in [-0.3, -0.25) is 10.0 Å². The first-order chi connectivity index (χ1) is 12.3. The summed E-state index contributed by atoms with van der Waals surface area (Å²) >= 11 is 9.27. The van der Waals surface area contributed by atoms with Crippen molar-refractivity contribution in [2.75, 3.05) is 7.11 Å². The Morgan fingerprint density at radius 3 is 2.65 bits per heavy atom. The van der Waals surface area contributed by atoms with Crippen LogP contribution in [0.25, 0.3) is 0 Å². The number of rotatable bonds is 7. The molecule has 0 saturated carbocycles. The number of hydrogen-bond donors (Lipinski definition) is 2. The average molecular weight is 445 g/mol. The molecule has 0 aromatic heterocycles. The third-order valence-corrected chi connectivity index (χ3v) is 5.10. The minimum absolute atomic E-state index is 0.0974. The van der Waals surface area contributed by atoms with Crippen LogP contribution in [0.2, 0.25) is 5.02 Å². The average Bonchev–Trinajstić information content (AvgIpc) is 2.60. The number of nitrogens with one attached hydrogen (secondary N) is 1. The second-order valence-corrected chi connectivity index (χ2v) is 7.41. The Hall–Kier alpha value is -1.47. The SMILES string of the molecule is CO[C@H](CC(=O)NO)[C@H](Cc1ccc(Cl)cc1C)c1ccc(Br)cc1F. The monoisotopic (exact) mass is 443 g/mol. The van der Waals surface area contributed by atoms with Gasteiger partial charge in [0.1, 0.15) is 5.82 Å². The van der Waals surface area contributed by atoms with E-state index in [-0.39, 0.29) is 12.2 Å². The molecule has 2 aromatic rings. The first kappa shape index (κ1) is 20.8. The molecule has 0 unspecified atom stereocenters. The maximum atomic E-state index is 14.6. The Morgan fingerprint density at radius 2 is 2.08 bits per heavy atom. The summed E-state index contributed by atoms with van der Waals surface area (Å²) in [5, 5.41) is 9.46. The lowest BCUT2D eigenvalue weighted by Crippen LogP contribution is -2.31. The summed E-state index contributed by atoms with van der Waals surface area (Å²) in [4.78, 5) is 11.7. The number of ether oxygens (including phenoxy) is 1. The number of amides is 1. The number of hydrogen-bond acceptors (Lipinski definition) is 3. The van der Waals surface area contributed by atoms with E-state index >= 15 is 0 Å². The number of carbonyl (C=O) groups is 1. The highest BCUT2D eigenvalue weighted by Gasteiger charge is 2.28. The minimum atomic E-state index is -0.618. The van der Waals surface area contributed by atoms with E-state index in [4.69, 9.17) is 21.5 Å². The van der Waals surface area contributed by atoms with Crippen LogP contribution < -0.4 is 5.48 Å². The quantitative estimate of drug-likeness (QED) is 0.477. The van der Waals surface area contributed by atoms with Crippen molar-refractivity contribution >= 4 is 33.4 Å². The van der Waals surface area contributed by atoms with Crippen LogP contribution in [0.15, 0.2) is 40.9 Å². The fourth-order valence-electron chi connectivity index (χ4n) is 2.99. The van der Waals surface area contributed by atoms with Crippen LogP contribution >= 0.6 is 27.5 Å². The number of halogens is 3. The predicted molar refractivity (Wildman–Crippen MR) is 102 cm³/mol. The van der Waals surface area contributed by atoms with Crippen LogP contribution in [0.4, 0.5) is 4.39 Å². The molecule has 0 aliphatic heterocycles. The fraction of sp³-hybridized carbons (Fsp3) is 0.316. The van der Waals surface area contributed by atoms with Crippen LogP contribution in [-0.4, -0.2) is 24.3 Å². The number of hydroxylamine groups is 1. The van der Waals surface area contributed by atoms with Gasteiger partial charge in [-0.25, -0.2) is 9.87 Å². The molecule has 0 radical (unpaired) electrons. The smallest absolute Gasteiger partial charge is 0.245 e. The van der Waals surface area contributed by atoms with Crippen molar-refractivity contribution in [3.05, 3.63) is 68.4 Å². The zero-order valence-electron chi connectivity index (χ0n) is 14.4. The minimum Gasteiger partial charge on any atom is -0.380 e. The van der Waals surface area contributed by atoms with E-state index in [0.717, 1.165) is 11.1 Å². The first-order valence-electron chi connectivity index (χ1n) is 8.01. The highest BCUT2D eigenvalue weighted by Crippen LogP contribution is 2.32. The second kappa shape index (κ2) is 9.46. The predicted octanol–water partition coefficient (Wildman–Crippen LogP) is 4.79. The molecule has 2 atom stereocenters. The first-order valence-corrected chi connectivity index (χ1v) is 9.18. The molecule has 26 heavy (non-hydrogen) atoms. The van der Waals surface area contributed by atoms with Gasteiger partial charge in [-0.05, 0) is 54.3 Å². The van der Waals surface area contributed by atoms with Crippen LogP contribution in [0, 0.1) is 12.7 Å². The normalized spacial score (nSPS) is 13.3. The van der Waals surface area contributed by atoms with Crippen molar-refractivity contribution in [3.8, 4) is 0 Å². The van der Waals surface area contributed by atoms with Gasteiger partial charge in [-0.1, -0.05) is 39.7 Å². The Bertz CT molecular complexity index is 787. The van der Waals surface area contributed by atoms with E-state index in [9.17, 15) is 9.18 Å². The van der Waals surface area contributed by atoms with Gasteiger partial charge in [0, 0.05) is 22.5 Å². The lowest BCUT2D eigenvalue weighted by Gasteiger charge is -2.27. The van der Waals surface area contributed by atoms with Crippen LogP contribution in [0.1, 0.15) is 29.0 Å². The molecular weight excluding hydrogens is 425 g/mol. The molecule has 0 spiro atoms. The summed E-state index contributed by atoms with van der Waals surface area (Å²) in [5.74, 6) is -1.40. The number of carbonyl (C=O) groups excluding carboxylic acids is 1. The molecule has 140 valence electrons. The highest BCUT2D eigenvalue weighted by atomic mass is 79.9. The zero-order valence-corrected chi connectivity index (χ0v) is 16.8. The molecule has 0 heterocycles. The standard InChI is InChI=1S/C19H20BrClFNO3/c1-11-7-14(21)5-3-12(11)8-16(18(26-2)10-19(24)23-25)15-6-4-13(20)9-17(15)22/h3-7,9,16,18,25H,8,10H2,1-2H3,(H,23,24)/t16-,18-/m1/s1. The van der Waals surface area contributed by atoms with Crippen molar-refractivity contribution in [3.63, 3.8) is 0 Å². The second-order valence-electron chi connectivity index (χ2n) is 6.06. The number of aryl methyl sites for hydroxylation is 1. The highest BCUT2D eigenvalue weighted by molar-refractivity contribution is 9.10. The van der Waals surface area contributed by atoms with E-state index in [1.54, 1.807) is 23.7 Å². The van der Waals surface area contributed by atoms with Gasteiger partial charge in [0.2, 0.25) is 5.91 Å². The summed E-state index contributed by atoms with van der Waals surface area (Å²) in [7, 11) is 1.47. The van der Waals surface area contributed by atoms with Gasteiger partial charge in [-0.15, -0.1) is 0 Å². The molecule has 0 fully saturated rings. The molecule has 2 N–H and O–H groups in total. The van der Waals surface area contributed by atoms with E-state index < -0.39 is 17.9 Å². The van der Waals surface area contributed by atoms with Crippen molar-refractivity contribution in [1.29, 1.82) is 0 Å². The van der Waals surface area contributed by atoms with Gasteiger partial charge in [-0.2, -0.15) is 0 Å². The maximum Gasteiger partial charge on any atom is 0.245 e. The molecule has 7 heteroatoms. The van der Waals surface area contributed by atoms with Gasteiger partial charge >= 0.3 is 0 Å². The third-order valence-electron chi connectivity index (χ3n) is 4.37. The van der Waals surface area contributed by atoms with Gasteiger partial charge < -0.3 is 4.74 Å². The van der Waals surface area contributed by atoms with Crippen LogP contribution in [0.3, 0.4) is 0 Å². The van der Waals surface area contributed by atoms with Crippen LogP contribution in [-0.2, 0) is 16.0 Å². The van der Waals surface area contributed by atoms with Crippen molar-refractivity contribution in [2.45, 2.75) is 31.8 Å². The largest absolute Gasteiger partial charge is 0.380 e. The van der Waals surface area contributed by atoms with E-state index in [1.165, 1.54) is 13.2 Å². The fourth-order valence-corrected chi connectivity index (χ4v) is 3.55. The molecular formula is C19H20BrClFNO3.